The van der Waals surface area contributed by atoms with Gasteiger partial charge in [0.15, 0.2) is 5.76 Å². The molecule has 4 rings (SSSR count). The molecule has 0 spiro atoms. The molecule has 1 fully saturated rings. The van der Waals surface area contributed by atoms with Crippen LogP contribution < -0.4 is 15.5 Å². The number of anilines is 1. The summed E-state index contributed by atoms with van der Waals surface area (Å²) in [5.74, 6) is -0.970. The number of benzene rings is 1. The first-order valence-electron chi connectivity index (χ1n) is 10.7. The summed E-state index contributed by atoms with van der Waals surface area (Å²) in [6.45, 7) is -0.271. The van der Waals surface area contributed by atoms with E-state index in [2.05, 4.69) is 10.6 Å². The number of nitrogens with one attached hydrogen (secondary N) is 2. The van der Waals surface area contributed by atoms with Crippen molar-refractivity contribution in [1.29, 1.82) is 0 Å². The van der Waals surface area contributed by atoms with Crippen molar-refractivity contribution < 1.29 is 18.8 Å². The highest BCUT2D eigenvalue weighted by Gasteiger charge is 2.35. The number of hydrogen-bond donors (Lipinski definition) is 2. The number of furan rings is 1. The van der Waals surface area contributed by atoms with Gasteiger partial charge in [-0.1, -0.05) is 37.1 Å². The lowest BCUT2D eigenvalue weighted by Gasteiger charge is -2.31. The van der Waals surface area contributed by atoms with Gasteiger partial charge in [0, 0.05) is 16.6 Å². The Bertz CT molecular complexity index is 1030. The van der Waals surface area contributed by atoms with Gasteiger partial charge in [-0.3, -0.25) is 19.3 Å². The van der Waals surface area contributed by atoms with E-state index in [1.165, 1.54) is 28.6 Å². The zero-order valence-electron chi connectivity index (χ0n) is 17.5. The van der Waals surface area contributed by atoms with Crippen LogP contribution in [-0.4, -0.2) is 30.3 Å². The molecule has 2 heterocycles. The van der Waals surface area contributed by atoms with Crippen LogP contribution >= 0.6 is 11.3 Å². The summed E-state index contributed by atoms with van der Waals surface area (Å²) in [5.41, 5.74) is 0.588. The maximum Gasteiger partial charge on any atom is 0.287 e. The Morgan fingerprint density at radius 1 is 1.03 bits per heavy atom. The molecule has 166 valence electrons. The first-order valence-corrected chi connectivity index (χ1v) is 11.5. The Labute approximate surface area is 190 Å². The van der Waals surface area contributed by atoms with Crippen molar-refractivity contribution in [2.75, 3.05) is 11.4 Å². The number of nitrogens with zero attached hydrogens (tertiary/aromatic N) is 1. The van der Waals surface area contributed by atoms with Crippen molar-refractivity contribution in [3.8, 4) is 0 Å². The molecule has 0 radical (unpaired) electrons. The Kier molecular flexibility index (Phi) is 7.01. The third-order valence-corrected chi connectivity index (χ3v) is 6.39. The number of rotatable bonds is 8. The molecule has 1 aromatic carbocycles. The smallest absolute Gasteiger partial charge is 0.287 e. The minimum Gasteiger partial charge on any atom is -0.459 e. The zero-order valence-corrected chi connectivity index (χ0v) is 18.3. The van der Waals surface area contributed by atoms with Crippen LogP contribution in [0.4, 0.5) is 5.69 Å². The SMILES string of the molecule is O=C(NCC(=O)N(c1ccccc1)[C@H](C(=O)NC1CCCC1)c1cccs1)c1ccco1. The summed E-state index contributed by atoms with van der Waals surface area (Å²) in [7, 11) is 0. The minimum atomic E-state index is -0.828. The second-order valence-electron chi connectivity index (χ2n) is 7.67. The maximum atomic E-state index is 13.4. The highest BCUT2D eigenvalue weighted by Crippen LogP contribution is 2.31. The fraction of sp³-hybridized carbons (Fsp3) is 0.292. The number of para-hydroxylation sites is 1. The molecular weight excluding hydrogens is 426 g/mol. The molecule has 1 saturated carbocycles. The zero-order chi connectivity index (χ0) is 22.3. The van der Waals surface area contributed by atoms with Crippen molar-refractivity contribution in [3.05, 3.63) is 76.9 Å². The second kappa shape index (κ2) is 10.3. The quantitative estimate of drug-likeness (QED) is 0.543. The van der Waals surface area contributed by atoms with Gasteiger partial charge in [0.25, 0.3) is 5.91 Å². The van der Waals surface area contributed by atoms with E-state index in [0.29, 0.717) is 5.69 Å². The number of carbonyl (C=O) groups is 3. The van der Waals surface area contributed by atoms with Crippen LogP contribution in [0.5, 0.6) is 0 Å². The van der Waals surface area contributed by atoms with Gasteiger partial charge in [0.05, 0.1) is 12.8 Å². The van der Waals surface area contributed by atoms with Crippen molar-refractivity contribution in [1.82, 2.24) is 10.6 Å². The molecule has 1 aliphatic carbocycles. The van der Waals surface area contributed by atoms with Crippen LogP contribution in [0, 0.1) is 0 Å². The lowest BCUT2D eigenvalue weighted by atomic mass is 10.1. The topological polar surface area (TPSA) is 91.7 Å². The number of carbonyl (C=O) groups excluding carboxylic acids is 3. The Balaban J connectivity index is 1.61. The van der Waals surface area contributed by atoms with Crippen molar-refractivity contribution in [3.63, 3.8) is 0 Å². The molecule has 1 aliphatic rings. The Hall–Kier alpha value is -3.39. The lowest BCUT2D eigenvalue weighted by Crippen LogP contribution is -2.48. The van der Waals surface area contributed by atoms with Gasteiger partial charge in [-0.15, -0.1) is 11.3 Å². The van der Waals surface area contributed by atoms with E-state index in [-0.39, 0.29) is 24.3 Å². The van der Waals surface area contributed by atoms with Gasteiger partial charge in [-0.05, 0) is 48.6 Å². The van der Waals surface area contributed by atoms with Crippen LogP contribution in [0.1, 0.15) is 47.2 Å². The van der Waals surface area contributed by atoms with Gasteiger partial charge in [-0.2, -0.15) is 0 Å². The van der Waals surface area contributed by atoms with Gasteiger partial charge in [0.1, 0.15) is 6.04 Å². The minimum absolute atomic E-state index is 0.122. The molecule has 1 atom stereocenters. The maximum absolute atomic E-state index is 13.4. The van der Waals surface area contributed by atoms with Crippen LogP contribution in [-0.2, 0) is 9.59 Å². The largest absolute Gasteiger partial charge is 0.459 e. The second-order valence-corrected chi connectivity index (χ2v) is 8.65. The summed E-state index contributed by atoms with van der Waals surface area (Å²) >= 11 is 1.42. The van der Waals surface area contributed by atoms with E-state index in [0.717, 1.165) is 30.6 Å². The molecule has 32 heavy (non-hydrogen) atoms. The van der Waals surface area contributed by atoms with Gasteiger partial charge >= 0.3 is 0 Å². The van der Waals surface area contributed by atoms with E-state index in [1.807, 2.05) is 35.7 Å². The molecule has 0 bridgehead atoms. The van der Waals surface area contributed by atoms with E-state index >= 15 is 0 Å². The first-order chi connectivity index (χ1) is 15.6. The van der Waals surface area contributed by atoms with Gasteiger partial charge in [0.2, 0.25) is 11.8 Å². The van der Waals surface area contributed by atoms with Gasteiger partial charge < -0.3 is 15.1 Å². The van der Waals surface area contributed by atoms with Crippen LogP contribution in [0.15, 0.2) is 70.7 Å². The molecule has 0 aliphatic heterocycles. The average Bonchev–Trinajstić information content (AvgIpc) is 3.59. The fourth-order valence-electron chi connectivity index (χ4n) is 3.93. The van der Waals surface area contributed by atoms with Crippen LogP contribution in [0.3, 0.4) is 0 Å². The average molecular weight is 452 g/mol. The predicted octanol–water partition coefficient (Wildman–Crippen LogP) is 3.90. The molecular formula is C24H25N3O4S. The molecule has 7 nitrogen and oxygen atoms in total. The molecule has 2 N–H and O–H groups in total. The van der Waals surface area contributed by atoms with Crippen LogP contribution in [0.2, 0.25) is 0 Å². The molecule has 3 amide bonds. The number of thiophene rings is 1. The van der Waals surface area contributed by atoms with E-state index < -0.39 is 17.9 Å². The Morgan fingerprint density at radius 3 is 2.47 bits per heavy atom. The third kappa shape index (κ3) is 5.08. The molecule has 0 unspecified atom stereocenters. The molecule has 0 saturated heterocycles. The summed E-state index contributed by atoms with van der Waals surface area (Å²) in [6, 6.07) is 15.2. The summed E-state index contributed by atoms with van der Waals surface area (Å²) in [5, 5.41) is 7.61. The third-order valence-electron chi connectivity index (χ3n) is 5.47. The normalized spacial score (nSPS) is 14.6. The van der Waals surface area contributed by atoms with E-state index in [4.69, 9.17) is 4.42 Å². The highest BCUT2D eigenvalue weighted by molar-refractivity contribution is 7.10. The van der Waals surface area contributed by atoms with Crippen LogP contribution in [0.25, 0.3) is 0 Å². The van der Waals surface area contributed by atoms with E-state index in [9.17, 15) is 14.4 Å². The fourth-order valence-corrected chi connectivity index (χ4v) is 4.75. The standard InChI is InChI=1S/C24H25N3O4S/c28-21(16-25-23(29)19-12-6-14-31-19)27(18-10-2-1-3-11-18)22(20-13-7-15-32-20)24(30)26-17-8-4-5-9-17/h1-3,6-7,10-15,17,22H,4-5,8-9,16H2,(H,25,29)(H,26,30)/t22-/m0/s1. The Morgan fingerprint density at radius 2 is 1.81 bits per heavy atom. The number of amides is 3. The number of hydrogen-bond acceptors (Lipinski definition) is 5. The first kappa shape index (κ1) is 21.8. The molecule has 2 aromatic heterocycles. The van der Waals surface area contributed by atoms with E-state index in [1.54, 1.807) is 18.2 Å². The predicted molar refractivity (Wildman–Crippen MR) is 122 cm³/mol. The van der Waals surface area contributed by atoms with Crippen molar-refractivity contribution in [2.24, 2.45) is 0 Å². The van der Waals surface area contributed by atoms with Gasteiger partial charge in [-0.25, -0.2) is 0 Å². The molecule has 8 heteroatoms. The monoisotopic (exact) mass is 451 g/mol. The summed E-state index contributed by atoms with van der Waals surface area (Å²) < 4.78 is 5.09. The summed E-state index contributed by atoms with van der Waals surface area (Å²) in [6.07, 6.45) is 5.47. The molecule has 3 aromatic rings. The van der Waals surface area contributed by atoms with Crippen molar-refractivity contribution in [2.45, 2.75) is 37.8 Å². The lowest BCUT2D eigenvalue weighted by molar-refractivity contribution is -0.126. The highest BCUT2D eigenvalue weighted by atomic mass is 32.1. The van der Waals surface area contributed by atoms with Crippen molar-refractivity contribution >= 4 is 34.7 Å². The summed E-state index contributed by atoms with van der Waals surface area (Å²) in [4.78, 5) is 41.4.